The average molecular weight is 497 g/mol. The van der Waals surface area contributed by atoms with Crippen LogP contribution in [0.1, 0.15) is 36.3 Å². The zero-order chi connectivity index (χ0) is 25.8. The average Bonchev–Trinajstić information content (AvgIpc) is 3.56. The summed E-state index contributed by atoms with van der Waals surface area (Å²) in [6.45, 7) is 4.46. The Kier molecular flexibility index (Phi) is 6.58. The lowest BCUT2D eigenvalue weighted by atomic mass is 10.0. The van der Waals surface area contributed by atoms with E-state index in [1.807, 2.05) is 56.3 Å². The van der Waals surface area contributed by atoms with Crippen molar-refractivity contribution in [3.63, 3.8) is 0 Å². The second-order valence-corrected chi connectivity index (χ2v) is 8.21. The summed E-state index contributed by atoms with van der Waals surface area (Å²) in [5.41, 5.74) is 11.1. The molecule has 2 aromatic heterocycles. The maximum Gasteiger partial charge on any atom is 0.294 e. The highest BCUT2D eigenvalue weighted by Gasteiger charge is 2.25. The molecule has 0 fully saturated rings. The van der Waals surface area contributed by atoms with Crippen LogP contribution in [0.3, 0.4) is 0 Å². The van der Waals surface area contributed by atoms with Crippen LogP contribution in [-0.2, 0) is 0 Å². The largest absolute Gasteiger partial charge is 0.494 e. The molecule has 0 saturated heterocycles. The molecule has 0 aliphatic carbocycles. The summed E-state index contributed by atoms with van der Waals surface area (Å²) in [7, 11) is 0. The number of hydrazone groups is 1. The lowest BCUT2D eigenvalue weighted by molar-refractivity contribution is 0.0950. The highest BCUT2D eigenvalue weighted by Crippen LogP contribution is 2.28. The molecule has 11 nitrogen and oxygen atoms in total. The monoisotopic (exact) mass is 496 g/mol. The Morgan fingerprint density at radius 1 is 1.08 bits per heavy atom. The molecule has 3 aromatic carbocycles. The molecule has 5 rings (SSSR count). The predicted molar refractivity (Wildman–Crippen MR) is 138 cm³/mol. The van der Waals surface area contributed by atoms with Gasteiger partial charge in [0, 0.05) is 11.1 Å². The molecule has 0 unspecified atom stereocenters. The second-order valence-electron chi connectivity index (χ2n) is 8.21. The van der Waals surface area contributed by atoms with Crippen LogP contribution in [0.25, 0.3) is 27.8 Å². The normalized spacial score (nSPS) is 11.6. The minimum Gasteiger partial charge on any atom is -0.494 e. The van der Waals surface area contributed by atoms with Crippen molar-refractivity contribution in [3.05, 3.63) is 78.0 Å². The third-order valence-electron chi connectivity index (χ3n) is 5.69. The van der Waals surface area contributed by atoms with Crippen LogP contribution < -0.4 is 15.9 Å². The Bertz CT molecular complexity index is 1580. The number of hydrogen-bond acceptors (Lipinski definition) is 9. The molecule has 2 heterocycles. The van der Waals surface area contributed by atoms with Gasteiger partial charge in [-0.05, 0) is 58.7 Å². The number of aromatic nitrogens is 5. The van der Waals surface area contributed by atoms with E-state index in [-0.39, 0.29) is 17.3 Å². The van der Waals surface area contributed by atoms with Gasteiger partial charge in [0.25, 0.3) is 5.91 Å². The lowest BCUT2D eigenvalue weighted by Crippen LogP contribution is -2.21. The molecule has 5 aromatic rings. The molecule has 0 aliphatic heterocycles. The smallest absolute Gasteiger partial charge is 0.294 e. The quantitative estimate of drug-likeness (QED) is 0.242. The Labute approximate surface area is 211 Å². The molecule has 3 N–H and O–H groups in total. The molecule has 186 valence electrons. The van der Waals surface area contributed by atoms with Gasteiger partial charge in [0.15, 0.2) is 5.69 Å². The zero-order valence-electron chi connectivity index (χ0n) is 20.3. The van der Waals surface area contributed by atoms with Crippen molar-refractivity contribution in [3.8, 4) is 22.8 Å². The lowest BCUT2D eigenvalue weighted by Gasteiger charge is -2.09. The number of nitrogens with one attached hydrogen (secondary N) is 1. The van der Waals surface area contributed by atoms with E-state index in [1.54, 1.807) is 24.3 Å². The number of carbonyl (C=O) groups is 1. The first kappa shape index (κ1) is 23.7. The highest BCUT2D eigenvalue weighted by atomic mass is 16.6. The molecule has 11 heteroatoms. The van der Waals surface area contributed by atoms with Gasteiger partial charge in [0.2, 0.25) is 11.6 Å². The molecular formula is C26H24N8O3. The van der Waals surface area contributed by atoms with Crippen molar-refractivity contribution in [1.29, 1.82) is 0 Å². The van der Waals surface area contributed by atoms with Gasteiger partial charge in [-0.1, -0.05) is 54.6 Å². The molecule has 0 atom stereocenters. The van der Waals surface area contributed by atoms with Gasteiger partial charge < -0.3 is 10.5 Å². The van der Waals surface area contributed by atoms with E-state index in [4.69, 9.17) is 15.1 Å². The molecule has 37 heavy (non-hydrogen) atoms. The molecular weight excluding hydrogens is 472 g/mol. The third kappa shape index (κ3) is 4.74. The van der Waals surface area contributed by atoms with E-state index in [0.717, 1.165) is 22.8 Å². The van der Waals surface area contributed by atoms with E-state index in [1.165, 1.54) is 4.68 Å². The van der Waals surface area contributed by atoms with Crippen molar-refractivity contribution in [2.75, 3.05) is 12.3 Å². The number of anilines is 1. The molecule has 1 amide bonds. The van der Waals surface area contributed by atoms with Crippen LogP contribution in [0.5, 0.6) is 5.75 Å². The number of carbonyl (C=O) groups excluding carboxylic acids is 1. The SMILES string of the molecule is CCCOc1ccc(-c2c(C(=O)N/N=C(\C)c3cccc4ccccc34)nnn2-c2nonc2N)cc1. The number of fused-ring (bicyclic) bond motifs is 1. The Hall–Kier alpha value is -5.06. The fourth-order valence-electron chi connectivity index (χ4n) is 3.90. The van der Waals surface area contributed by atoms with Crippen LogP contribution in [0.2, 0.25) is 0 Å². The fourth-order valence-corrected chi connectivity index (χ4v) is 3.90. The number of nitrogen functional groups attached to an aromatic ring is 1. The van der Waals surface area contributed by atoms with Crippen LogP contribution >= 0.6 is 0 Å². The number of nitrogens with zero attached hydrogens (tertiary/aromatic N) is 6. The fraction of sp³-hybridized carbons (Fsp3) is 0.154. The van der Waals surface area contributed by atoms with Crippen LogP contribution in [0.15, 0.2) is 76.5 Å². The summed E-state index contributed by atoms with van der Waals surface area (Å²) in [5, 5.41) is 22.1. The minimum atomic E-state index is -0.554. The van der Waals surface area contributed by atoms with E-state index >= 15 is 0 Å². The first-order valence-electron chi connectivity index (χ1n) is 11.7. The highest BCUT2D eigenvalue weighted by molar-refractivity contribution is 6.10. The van der Waals surface area contributed by atoms with Crippen LogP contribution in [-0.4, -0.2) is 43.5 Å². The topological polar surface area (TPSA) is 146 Å². The van der Waals surface area contributed by atoms with Crippen molar-refractivity contribution < 1.29 is 14.2 Å². The summed E-state index contributed by atoms with van der Waals surface area (Å²) < 4.78 is 11.7. The summed E-state index contributed by atoms with van der Waals surface area (Å²) >= 11 is 0. The third-order valence-corrected chi connectivity index (χ3v) is 5.69. The van der Waals surface area contributed by atoms with E-state index < -0.39 is 5.91 Å². The number of hydrogen-bond donors (Lipinski definition) is 2. The molecule has 0 aliphatic rings. The number of benzene rings is 3. The molecule has 0 spiro atoms. The zero-order valence-corrected chi connectivity index (χ0v) is 20.3. The van der Waals surface area contributed by atoms with Gasteiger partial charge in [-0.15, -0.1) is 5.10 Å². The maximum absolute atomic E-state index is 13.3. The van der Waals surface area contributed by atoms with E-state index in [9.17, 15) is 4.79 Å². The van der Waals surface area contributed by atoms with Gasteiger partial charge in [-0.2, -0.15) is 9.78 Å². The van der Waals surface area contributed by atoms with Crippen LogP contribution in [0.4, 0.5) is 5.82 Å². The number of amides is 1. The van der Waals surface area contributed by atoms with Gasteiger partial charge in [-0.3, -0.25) is 4.79 Å². The Morgan fingerprint density at radius 3 is 2.62 bits per heavy atom. The number of rotatable bonds is 8. The number of nitrogens with two attached hydrogens (primary N) is 1. The Balaban J connectivity index is 1.49. The van der Waals surface area contributed by atoms with Gasteiger partial charge in [0.1, 0.15) is 11.4 Å². The van der Waals surface area contributed by atoms with Crippen molar-refractivity contribution in [2.24, 2.45) is 5.10 Å². The van der Waals surface area contributed by atoms with Crippen molar-refractivity contribution >= 4 is 28.2 Å². The summed E-state index contributed by atoms with van der Waals surface area (Å²) in [6, 6.07) is 21.1. The summed E-state index contributed by atoms with van der Waals surface area (Å²) in [5.74, 6) is 0.268. The molecule has 0 saturated carbocycles. The molecule has 0 bridgehead atoms. The summed E-state index contributed by atoms with van der Waals surface area (Å²) in [6.07, 6.45) is 0.889. The van der Waals surface area contributed by atoms with Gasteiger partial charge >= 0.3 is 0 Å². The molecule has 0 radical (unpaired) electrons. The first-order valence-corrected chi connectivity index (χ1v) is 11.7. The second kappa shape index (κ2) is 10.3. The van der Waals surface area contributed by atoms with Crippen molar-refractivity contribution in [1.82, 2.24) is 30.7 Å². The van der Waals surface area contributed by atoms with E-state index in [0.29, 0.717) is 29.3 Å². The number of ether oxygens (including phenoxy) is 1. The maximum atomic E-state index is 13.3. The standard InChI is InChI=1S/C26H24N8O3/c1-3-15-36-19-13-11-18(12-14-19)23-22(29-33-34(23)25-24(27)31-37-32-25)26(35)30-28-16(2)20-10-6-8-17-7-4-5-9-21(17)20/h4-14H,3,15H2,1-2H3,(H2,27,31)(H,30,35)/b28-16+. The van der Waals surface area contributed by atoms with Crippen LogP contribution in [0, 0.1) is 0 Å². The van der Waals surface area contributed by atoms with E-state index in [2.05, 4.69) is 31.2 Å². The van der Waals surface area contributed by atoms with Crippen molar-refractivity contribution in [2.45, 2.75) is 20.3 Å². The predicted octanol–water partition coefficient (Wildman–Crippen LogP) is 4.00. The Morgan fingerprint density at radius 2 is 1.86 bits per heavy atom. The summed E-state index contributed by atoms with van der Waals surface area (Å²) in [4.78, 5) is 13.3. The minimum absolute atomic E-state index is 0.00540. The first-order chi connectivity index (χ1) is 18.1. The van der Waals surface area contributed by atoms with Gasteiger partial charge in [0.05, 0.1) is 12.3 Å². The van der Waals surface area contributed by atoms with Gasteiger partial charge in [-0.25, -0.2) is 10.1 Å².